The van der Waals surface area contributed by atoms with E-state index in [1.165, 1.54) is 18.3 Å². The van der Waals surface area contributed by atoms with Gasteiger partial charge < -0.3 is 9.94 Å². The Kier molecular flexibility index (Phi) is 6.42. The van der Waals surface area contributed by atoms with E-state index in [4.69, 9.17) is 21.5 Å². The standard InChI is InChI=1S/C20H20ClFN2O3/c21-17-3-1-14(2-4-17)19-6-5-18(22)11-16(19)12-23-27-10-9-24-8-7-15(13-24)20(25)26/h1-6,11-12,15H,7-10,13H2,(H,25,26)/b23-12+. The van der Waals surface area contributed by atoms with E-state index in [0.29, 0.717) is 36.7 Å². The minimum atomic E-state index is -0.753. The van der Waals surface area contributed by atoms with E-state index in [2.05, 4.69) is 5.16 Å². The Morgan fingerprint density at radius 1 is 1.33 bits per heavy atom. The summed E-state index contributed by atoms with van der Waals surface area (Å²) in [5.74, 6) is -1.41. The largest absolute Gasteiger partial charge is 0.481 e. The van der Waals surface area contributed by atoms with Gasteiger partial charge in [0, 0.05) is 23.7 Å². The Morgan fingerprint density at radius 3 is 2.81 bits per heavy atom. The van der Waals surface area contributed by atoms with Crippen molar-refractivity contribution in [2.75, 3.05) is 26.2 Å². The van der Waals surface area contributed by atoms with Crippen LogP contribution in [0.25, 0.3) is 11.1 Å². The molecule has 0 aliphatic carbocycles. The fourth-order valence-electron chi connectivity index (χ4n) is 3.09. The maximum Gasteiger partial charge on any atom is 0.307 e. The van der Waals surface area contributed by atoms with E-state index in [9.17, 15) is 9.18 Å². The third kappa shape index (κ3) is 5.28. The maximum atomic E-state index is 13.6. The van der Waals surface area contributed by atoms with Crippen molar-refractivity contribution in [2.45, 2.75) is 6.42 Å². The van der Waals surface area contributed by atoms with Gasteiger partial charge >= 0.3 is 5.97 Å². The van der Waals surface area contributed by atoms with E-state index in [-0.39, 0.29) is 11.7 Å². The van der Waals surface area contributed by atoms with Gasteiger partial charge in [0.1, 0.15) is 12.4 Å². The summed E-state index contributed by atoms with van der Waals surface area (Å²) in [5.41, 5.74) is 2.33. The molecule has 142 valence electrons. The first-order valence-corrected chi connectivity index (χ1v) is 9.07. The molecule has 2 aromatic rings. The molecule has 1 unspecified atom stereocenters. The Balaban J connectivity index is 1.58. The van der Waals surface area contributed by atoms with Crippen LogP contribution in [-0.2, 0) is 9.63 Å². The van der Waals surface area contributed by atoms with Crippen molar-refractivity contribution in [2.24, 2.45) is 11.1 Å². The Morgan fingerprint density at radius 2 is 2.11 bits per heavy atom. The molecule has 1 saturated heterocycles. The molecular formula is C20H20ClFN2O3. The summed E-state index contributed by atoms with van der Waals surface area (Å²) < 4.78 is 13.6. The van der Waals surface area contributed by atoms with Crippen LogP contribution in [0.3, 0.4) is 0 Å². The van der Waals surface area contributed by atoms with Gasteiger partial charge in [0.15, 0.2) is 0 Å². The lowest BCUT2D eigenvalue weighted by atomic mass is 10.0. The molecule has 1 atom stereocenters. The molecule has 1 N–H and O–H groups in total. The SMILES string of the molecule is O=C(O)C1CCN(CCO/N=C/c2cc(F)ccc2-c2ccc(Cl)cc2)C1. The molecule has 0 spiro atoms. The van der Waals surface area contributed by atoms with Crippen LogP contribution in [0.4, 0.5) is 4.39 Å². The van der Waals surface area contributed by atoms with Gasteiger partial charge in [-0.3, -0.25) is 9.69 Å². The molecule has 0 bridgehead atoms. The van der Waals surface area contributed by atoms with Gasteiger partial charge in [-0.1, -0.05) is 35.0 Å². The van der Waals surface area contributed by atoms with Gasteiger partial charge in [0.2, 0.25) is 0 Å². The van der Waals surface area contributed by atoms with Crippen LogP contribution in [0.1, 0.15) is 12.0 Å². The molecular weight excluding hydrogens is 371 g/mol. The van der Waals surface area contributed by atoms with Crippen LogP contribution in [-0.4, -0.2) is 48.4 Å². The van der Waals surface area contributed by atoms with Crippen molar-refractivity contribution in [1.29, 1.82) is 0 Å². The number of aliphatic carboxylic acids is 1. The Labute approximate surface area is 162 Å². The maximum absolute atomic E-state index is 13.6. The number of carbonyl (C=O) groups is 1. The first kappa shape index (κ1) is 19.3. The summed E-state index contributed by atoms with van der Waals surface area (Å²) in [6, 6.07) is 11.8. The summed E-state index contributed by atoms with van der Waals surface area (Å²) in [6.07, 6.45) is 2.14. The number of halogens is 2. The van der Waals surface area contributed by atoms with Gasteiger partial charge in [-0.25, -0.2) is 4.39 Å². The molecule has 0 amide bonds. The average Bonchev–Trinajstić information content (AvgIpc) is 3.12. The van der Waals surface area contributed by atoms with Crippen molar-refractivity contribution >= 4 is 23.8 Å². The summed E-state index contributed by atoms with van der Waals surface area (Å²) >= 11 is 5.92. The quantitative estimate of drug-likeness (QED) is 0.442. The van der Waals surface area contributed by atoms with E-state index in [1.54, 1.807) is 18.2 Å². The minimum absolute atomic E-state index is 0.303. The zero-order valence-corrected chi connectivity index (χ0v) is 15.4. The third-order valence-corrected chi connectivity index (χ3v) is 4.81. The Bertz CT molecular complexity index is 826. The summed E-state index contributed by atoms with van der Waals surface area (Å²) in [6.45, 7) is 2.23. The summed E-state index contributed by atoms with van der Waals surface area (Å²) in [4.78, 5) is 18.3. The lowest BCUT2D eigenvalue weighted by Crippen LogP contribution is -2.26. The first-order valence-electron chi connectivity index (χ1n) is 8.69. The van der Waals surface area contributed by atoms with Crippen molar-refractivity contribution in [1.82, 2.24) is 4.90 Å². The number of likely N-dealkylation sites (tertiary alicyclic amines) is 1. The van der Waals surface area contributed by atoms with Crippen LogP contribution >= 0.6 is 11.6 Å². The van der Waals surface area contributed by atoms with Gasteiger partial charge in [-0.05, 0) is 48.4 Å². The number of benzene rings is 2. The number of hydrogen-bond acceptors (Lipinski definition) is 4. The molecule has 0 aromatic heterocycles. The Hall–Kier alpha value is -2.44. The van der Waals surface area contributed by atoms with Crippen LogP contribution in [0.15, 0.2) is 47.6 Å². The molecule has 0 radical (unpaired) electrons. The number of carboxylic acids is 1. The topological polar surface area (TPSA) is 62.1 Å². The van der Waals surface area contributed by atoms with E-state index >= 15 is 0 Å². The second kappa shape index (κ2) is 8.97. The summed E-state index contributed by atoms with van der Waals surface area (Å²) in [5, 5.41) is 13.6. The predicted octanol–water partition coefficient (Wildman–Crippen LogP) is 3.90. The normalized spacial score (nSPS) is 17.5. The fourth-order valence-corrected chi connectivity index (χ4v) is 3.21. The first-order chi connectivity index (χ1) is 13.0. The second-order valence-corrected chi connectivity index (χ2v) is 6.87. The highest BCUT2D eigenvalue weighted by Gasteiger charge is 2.27. The molecule has 1 heterocycles. The van der Waals surface area contributed by atoms with E-state index in [1.807, 2.05) is 17.0 Å². The van der Waals surface area contributed by atoms with Crippen LogP contribution in [0, 0.1) is 11.7 Å². The van der Waals surface area contributed by atoms with Crippen molar-refractivity contribution in [3.63, 3.8) is 0 Å². The number of carboxylic acid groups (broad SMARTS) is 1. The monoisotopic (exact) mass is 390 g/mol. The molecule has 2 aromatic carbocycles. The second-order valence-electron chi connectivity index (χ2n) is 6.43. The van der Waals surface area contributed by atoms with Crippen molar-refractivity contribution in [3.05, 3.63) is 58.9 Å². The number of hydrogen-bond donors (Lipinski definition) is 1. The molecule has 3 rings (SSSR count). The molecule has 1 fully saturated rings. The molecule has 1 aliphatic heterocycles. The minimum Gasteiger partial charge on any atom is -0.481 e. The number of rotatable bonds is 7. The zero-order valence-electron chi connectivity index (χ0n) is 14.6. The highest BCUT2D eigenvalue weighted by atomic mass is 35.5. The van der Waals surface area contributed by atoms with Gasteiger partial charge in [0.25, 0.3) is 0 Å². The van der Waals surface area contributed by atoms with Crippen molar-refractivity contribution in [3.8, 4) is 11.1 Å². The van der Waals surface area contributed by atoms with Crippen molar-refractivity contribution < 1.29 is 19.1 Å². The van der Waals surface area contributed by atoms with Gasteiger partial charge in [0.05, 0.1) is 12.1 Å². The van der Waals surface area contributed by atoms with Gasteiger partial charge in [-0.2, -0.15) is 0 Å². The predicted molar refractivity (Wildman–Crippen MR) is 103 cm³/mol. The van der Waals surface area contributed by atoms with Crippen LogP contribution in [0.2, 0.25) is 5.02 Å². The highest BCUT2D eigenvalue weighted by molar-refractivity contribution is 6.30. The molecule has 1 aliphatic rings. The van der Waals surface area contributed by atoms with Gasteiger partial charge in [-0.15, -0.1) is 0 Å². The molecule has 5 nitrogen and oxygen atoms in total. The molecule has 27 heavy (non-hydrogen) atoms. The lowest BCUT2D eigenvalue weighted by molar-refractivity contribution is -0.141. The third-order valence-electron chi connectivity index (χ3n) is 4.56. The smallest absolute Gasteiger partial charge is 0.307 e. The summed E-state index contributed by atoms with van der Waals surface area (Å²) in [7, 11) is 0. The molecule has 0 saturated carbocycles. The number of oxime groups is 1. The fraction of sp³-hybridized carbons (Fsp3) is 0.300. The molecule has 7 heteroatoms. The van der Waals surface area contributed by atoms with Crippen LogP contribution in [0.5, 0.6) is 0 Å². The number of nitrogens with zero attached hydrogens (tertiary/aromatic N) is 2. The average molecular weight is 391 g/mol. The zero-order chi connectivity index (χ0) is 19.2. The lowest BCUT2D eigenvalue weighted by Gasteiger charge is -2.13. The van der Waals surface area contributed by atoms with E-state index < -0.39 is 5.97 Å². The highest BCUT2D eigenvalue weighted by Crippen LogP contribution is 2.25. The van der Waals surface area contributed by atoms with Crippen LogP contribution < -0.4 is 0 Å². The van der Waals surface area contributed by atoms with E-state index in [0.717, 1.165) is 17.7 Å².